The van der Waals surface area contributed by atoms with Gasteiger partial charge >= 0.3 is 0 Å². The van der Waals surface area contributed by atoms with Crippen molar-refractivity contribution < 1.29 is 18.8 Å². The quantitative estimate of drug-likeness (QED) is 0.573. The van der Waals surface area contributed by atoms with Crippen LogP contribution in [0, 0.1) is 0 Å². The molecule has 1 aromatic heterocycles. The predicted octanol–water partition coefficient (Wildman–Crippen LogP) is 4.03. The minimum Gasteiger partial charge on any atom is -0.343 e. The third-order valence-electron chi connectivity index (χ3n) is 6.18. The van der Waals surface area contributed by atoms with Crippen LogP contribution in [0.25, 0.3) is 10.9 Å². The summed E-state index contributed by atoms with van der Waals surface area (Å²) in [6.45, 7) is 1.65. The SMILES string of the molecule is O=C(c1ccc2c(ccn2C/C(=C/F)CN2C(=O)c3ccccc3C2=O)c1)N1CCCC1. The first-order chi connectivity index (χ1) is 15.6. The number of amides is 3. The monoisotopic (exact) mass is 431 g/mol. The van der Waals surface area contributed by atoms with Gasteiger partial charge in [0.05, 0.1) is 24.0 Å². The van der Waals surface area contributed by atoms with E-state index in [0.29, 0.717) is 28.6 Å². The summed E-state index contributed by atoms with van der Waals surface area (Å²) < 4.78 is 15.6. The second-order valence-electron chi connectivity index (χ2n) is 8.23. The third-order valence-corrected chi connectivity index (χ3v) is 6.18. The molecule has 6 nitrogen and oxygen atoms in total. The van der Waals surface area contributed by atoms with E-state index in [-0.39, 0.29) is 19.0 Å². The minimum atomic E-state index is -0.410. The van der Waals surface area contributed by atoms with Crippen LogP contribution < -0.4 is 0 Å². The number of hydrogen-bond acceptors (Lipinski definition) is 3. The lowest BCUT2D eigenvalue weighted by Gasteiger charge is -2.17. The summed E-state index contributed by atoms with van der Waals surface area (Å²) in [5.41, 5.74) is 2.48. The zero-order valence-corrected chi connectivity index (χ0v) is 17.5. The fourth-order valence-electron chi connectivity index (χ4n) is 4.50. The van der Waals surface area contributed by atoms with Crippen molar-refractivity contribution in [1.29, 1.82) is 0 Å². The number of halogens is 1. The van der Waals surface area contributed by atoms with E-state index in [1.165, 1.54) is 0 Å². The van der Waals surface area contributed by atoms with Gasteiger partial charge in [-0.3, -0.25) is 19.3 Å². The van der Waals surface area contributed by atoms with E-state index >= 15 is 0 Å². The third kappa shape index (κ3) is 3.39. The van der Waals surface area contributed by atoms with E-state index in [1.54, 1.807) is 30.3 Å². The molecule has 0 saturated carbocycles. The van der Waals surface area contributed by atoms with E-state index in [1.807, 2.05) is 33.9 Å². The molecule has 3 heterocycles. The summed E-state index contributed by atoms with van der Waals surface area (Å²) in [5, 5.41) is 0.883. The number of carbonyl (C=O) groups is 3. The number of benzene rings is 2. The molecule has 0 radical (unpaired) electrons. The molecule has 0 atom stereocenters. The van der Waals surface area contributed by atoms with E-state index in [9.17, 15) is 18.8 Å². The van der Waals surface area contributed by atoms with Crippen molar-refractivity contribution in [3.8, 4) is 0 Å². The molecule has 32 heavy (non-hydrogen) atoms. The Hall–Kier alpha value is -3.74. The normalized spacial score (nSPS) is 16.3. The largest absolute Gasteiger partial charge is 0.343 e. The molecule has 2 aromatic carbocycles. The molecule has 1 fully saturated rings. The van der Waals surface area contributed by atoms with Crippen LogP contribution in [-0.2, 0) is 6.54 Å². The van der Waals surface area contributed by atoms with E-state index in [0.717, 1.165) is 41.7 Å². The molecule has 162 valence electrons. The Bertz CT molecular complexity index is 1240. The van der Waals surface area contributed by atoms with Crippen molar-refractivity contribution in [3.05, 3.63) is 83.3 Å². The Balaban J connectivity index is 1.34. The summed E-state index contributed by atoms with van der Waals surface area (Å²) in [5.74, 6) is -0.785. The molecule has 0 unspecified atom stereocenters. The molecule has 3 aromatic rings. The summed E-state index contributed by atoms with van der Waals surface area (Å²) in [7, 11) is 0. The molecule has 3 amide bonds. The summed E-state index contributed by atoms with van der Waals surface area (Å²) in [6.07, 6.45) is 4.35. The van der Waals surface area contributed by atoms with Crippen LogP contribution in [0.15, 0.2) is 66.6 Å². The van der Waals surface area contributed by atoms with Gasteiger partial charge in [-0.25, -0.2) is 4.39 Å². The van der Waals surface area contributed by atoms with Gasteiger partial charge in [0.2, 0.25) is 0 Å². The first-order valence-electron chi connectivity index (χ1n) is 10.7. The molecule has 2 aliphatic rings. The minimum absolute atomic E-state index is 0.0344. The van der Waals surface area contributed by atoms with Gasteiger partial charge in [0.1, 0.15) is 0 Å². The van der Waals surface area contributed by atoms with Crippen molar-refractivity contribution in [2.24, 2.45) is 0 Å². The molecule has 1 saturated heterocycles. The smallest absolute Gasteiger partial charge is 0.261 e. The fraction of sp³-hybridized carbons (Fsp3) is 0.240. The first kappa shape index (κ1) is 20.2. The van der Waals surface area contributed by atoms with Gasteiger partial charge in [-0.2, -0.15) is 0 Å². The summed E-state index contributed by atoms with van der Waals surface area (Å²) in [4.78, 5) is 40.8. The number of fused-ring (bicyclic) bond motifs is 2. The Kier molecular flexibility index (Phi) is 5.09. The Morgan fingerprint density at radius 2 is 1.62 bits per heavy atom. The maximum atomic E-state index is 13.8. The van der Waals surface area contributed by atoms with Crippen molar-refractivity contribution >= 4 is 28.6 Å². The van der Waals surface area contributed by atoms with Crippen LogP contribution in [0.5, 0.6) is 0 Å². The number of likely N-dealkylation sites (tertiary alicyclic amines) is 1. The highest BCUT2D eigenvalue weighted by atomic mass is 19.1. The molecule has 2 aliphatic heterocycles. The van der Waals surface area contributed by atoms with Gasteiger partial charge < -0.3 is 9.47 Å². The molecular formula is C25H22FN3O3. The molecule has 0 spiro atoms. The Morgan fingerprint density at radius 1 is 0.938 bits per heavy atom. The highest BCUT2D eigenvalue weighted by molar-refractivity contribution is 6.21. The zero-order valence-electron chi connectivity index (χ0n) is 17.5. The standard InChI is InChI=1S/C25H22FN3O3/c26-14-17(16-29-24(31)20-5-1-2-6-21(20)25(29)32)15-28-12-9-18-13-19(7-8-22(18)28)23(30)27-10-3-4-11-27/h1-2,5-9,12-14H,3-4,10-11,15-16H2/b17-14-. The number of imide groups is 1. The van der Waals surface area contributed by atoms with Crippen molar-refractivity contribution in [3.63, 3.8) is 0 Å². The Morgan fingerprint density at radius 3 is 2.28 bits per heavy atom. The van der Waals surface area contributed by atoms with E-state index in [4.69, 9.17) is 0 Å². The lowest BCUT2D eigenvalue weighted by Crippen LogP contribution is -2.32. The fourth-order valence-corrected chi connectivity index (χ4v) is 4.50. The second kappa shape index (κ2) is 8.07. The van der Waals surface area contributed by atoms with E-state index in [2.05, 4.69) is 0 Å². The van der Waals surface area contributed by atoms with Gasteiger partial charge in [-0.1, -0.05) is 12.1 Å². The number of carbonyl (C=O) groups excluding carboxylic acids is 3. The van der Waals surface area contributed by atoms with Crippen molar-refractivity contribution in [2.45, 2.75) is 19.4 Å². The van der Waals surface area contributed by atoms with Gasteiger partial charge in [0, 0.05) is 42.3 Å². The van der Waals surface area contributed by atoms with Crippen molar-refractivity contribution in [1.82, 2.24) is 14.4 Å². The number of aromatic nitrogens is 1. The molecular weight excluding hydrogens is 409 g/mol. The van der Waals surface area contributed by atoms with Crippen LogP contribution in [-0.4, -0.2) is 51.7 Å². The summed E-state index contributed by atoms with van der Waals surface area (Å²) >= 11 is 0. The predicted molar refractivity (Wildman–Crippen MR) is 118 cm³/mol. The van der Waals surface area contributed by atoms with Gasteiger partial charge in [0.25, 0.3) is 17.7 Å². The first-order valence-corrected chi connectivity index (χ1v) is 10.7. The van der Waals surface area contributed by atoms with Crippen LogP contribution in [0.4, 0.5) is 4.39 Å². The summed E-state index contributed by atoms with van der Waals surface area (Å²) in [6, 6.07) is 14.0. The lowest BCUT2D eigenvalue weighted by atomic mass is 10.1. The van der Waals surface area contributed by atoms with E-state index < -0.39 is 11.8 Å². The maximum absolute atomic E-state index is 13.8. The second-order valence-corrected chi connectivity index (χ2v) is 8.23. The van der Waals surface area contributed by atoms with Gasteiger partial charge in [-0.15, -0.1) is 0 Å². The average Bonchev–Trinajstić information content (AvgIpc) is 3.54. The lowest BCUT2D eigenvalue weighted by molar-refractivity contribution is 0.0665. The van der Waals surface area contributed by atoms with Crippen LogP contribution in [0.2, 0.25) is 0 Å². The Labute approximate surface area is 184 Å². The molecule has 0 aliphatic carbocycles. The molecule has 7 heteroatoms. The van der Waals surface area contributed by atoms with Crippen LogP contribution >= 0.6 is 0 Å². The highest BCUT2D eigenvalue weighted by Crippen LogP contribution is 2.25. The highest BCUT2D eigenvalue weighted by Gasteiger charge is 2.35. The van der Waals surface area contributed by atoms with Crippen LogP contribution in [0.1, 0.15) is 43.9 Å². The topological polar surface area (TPSA) is 62.6 Å². The molecule has 0 bridgehead atoms. The van der Waals surface area contributed by atoms with Crippen molar-refractivity contribution in [2.75, 3.05) is 19.6 Å². The maximum Gasteiger partial charge on any atom is 0.261 e. The van der Waals surface area contributed by atoms with Gasteiger partial charge in [-0.05, 0) is 54.8 Å². The average molecular weight is 431 g/mol. The molecule has 5 rings (SSSR count). The zero-order chi connectivity index (χ0) is 22.2. The van der Waals surface area contributed by atoms with Gasteiger partial charge in [0.15, 0.2) is 0 Å². The number of rotatable bonds is 5. The molecule has 0 N–H and O–H groups in total. The van der Waals surface area contributed by atoms with Crippen LogP contribution in [0.3, 0.4) is 0 Å². The number of nitrogens with zero attached hydrogens (tertiary/aromatic N) is 3. The number of hydrogen-bond donors (Lipinski definition) is 0.